The molecule has 0 spiro atoms. The van der Waals surface area contributed by atoms with Crippen molar-refractivity contribution in [1.82, 2.24) is 5.32 Å². The lowest BCUT2D eigenvalue weighted by molar-refractivity contribution is -0.153. The maximum Gasteiger partial charge on any atom is 0.328 e. The molecule has 0 aromatic rings. The molecule has 0 bridgehead atoms. The molecule has 1 atom stereocenters. The van der Waals surface area contributed by atoms with E-state index in [1.165, 1.54) is 0 Å². The van der Waals surface area contributed by atoms with Crippen LogP contribution in [-0.4, -0.2) is 37.4 Å². The Kier molecular flexibility index (Phi) is 8.20. The van der Waals surface area contributed by atoms with Gasteiger partial charge in [0.2, 0.25) is 0 Å². The van der Waals surface area contributed by atoms with Gasteiger partial charge in [-0.3, -0.25) is 5.32 Å². The van der Waals surface area contributed by atoms with E-state index in [1.54, 1.807) is 0 Å². The Morgan fingerprint density at radius 2 is 1.89 bits per heavy atom. The highest BCUT2D eigenvalue weighted by Crippen LogP contribution is 2.10. The summed E-state index contributed by atoms with van der Waals surface area (Å²) in [7, 11) is 0. The molecular formula is C14H29NO3. The molecule has 0 aliphatic heterocycles. The minimum atomic E-state index is -0.763. The number of nitrogens with one attached hydrogen (secondary N) is 1. The van der Waals surface area contributed by atoms with Crippen molar-refractivity contribution in [2.45, 2.75) is 59.5 Å². The van der Waals surface area contributed by atoms with Crippen LogP contribution in [-0.2, 0) is 14.3 Å². The molecule has 0 radical (unpaired) electrons. The zero-order valence-electron chi connectivity index (χ0n) is 12.7. The highest BCUT2D eigenvalue weighted by atomic mass is 16.5. The van der Waals surface area contributed by atoms with E-state index in [9.17, 15) is 4.79 Å². The Labute approximate surface area is 111 Å². The summed E-state index contributed by atoms with van der Waals surface area (Å²) in [6.45, 7) is 13.4. The number of rotatable bonds is 9. The maximum atomic E-state index is 12.0. The first kappa shape index (κ1) is 17.4. The zero-order chi connectivity index (χ0) is 14.2. The second-order valence-corrected chi connectivity index (χ2v) is 5.59. The topological polar surface area (TPSA) is 47.6 Å². The lowest BCUT2D eigenvalue weighted by Crippen LogP contribution is -2.56. The smallest absolute Gasteiger partial charge is 0.328 e. The monoisotopic (exact) mass is 259 g/mol. The van der Waals surface area contributed by atoms with Crippen molar-refractivity contribution in [2.75, 3.05) is 19.8 Å². The molecular weight excluding hydrogens is 230 g/mol. The van der Waals surface area contributed by atoms with E-state index in [0.29, 0.717) is 25.7 Å². The molecule has 0 fully saturated rings. The molecule has 0 saturated heterocycles. The summed E-state index contributed by atoms with van der Waals surface area (Å²) in [5.74, 6) is 0.361. The lowest BCUT2D eigenvalue weighted by atomic mass is 10.0. The van der Waals surface area contributed by atoms with E-state index < -0.39 is 5.54 Å². The van der Waals surface area contributed by atoms with E-state index in [2.05, 4.69) is 19.2 Å². The van der Waals surface area contributed by atoms with Crippen LogP contribution in [0.4, 0.5) is 0 Å². The molecule has 0 aliphatic carbocycles. The van der Waals surface area contributed by atoms with Crippen molar-refractivity contribution in [3.05, 3.63) is 0 Å². The Morgan fingerprint density at radius 1 is 1.28 bits per heavy atom. The van der Waals surface area contributed by atoms with E-state index in [-0.39, 0.29) is 12.0 Å². The summed E-state index contributed by atoms with van der Waals surface area (Å²) in [5.41, 5.74) is -0.763. The quantitative estimate of drug-likeness (QED) is 0.510. The largest absolute Gasteiger partial charge is 0.465 e. The molecule has 0 aliphatic rings. The van der Waals surface area contributed by atoms with Crippen molar-refractivity contribution < 1.29 is 14.3 Å². The highest BCUT2D eigenvalue weighted by Gasteiger charge is 2.35. The third-order valence-electron chi connectivity index (χ3n) is 2.56. The molecule has 1 N–H and O–H groups in total. The summed E-state index contributed by atoms with van der Waals surface area (Å²) in [5, 5.41) is 3.23. The molecule has 4 nitrogen and oxygen atoms in total. The number of hydrogen-bond donors (Lipinski definition) is 1. The maximum absolute atomic E-state index is 12.0. The van der Waals surface area contributed by atoms with Gasteiger partial charge in [-0.2, -0.15) is 0 Å². The fourth-order valence-electron chi connectivity index (χ4n) is 1.68. The molecule has 0 saturated carbocycles. The summed E-state index contributed by atoms with van der Waals surface area (Å²) in [6, 6.07) is 0.202. The highest BCUT2D eigenvalue weighted by molar-refractivity contribution is 5.80. The average molecular weight is 259 g/mol. The number of ether oxygens (including phenoxy) is 2. The van der Waals surface area contributed by atoms with Crippen LogP contribution in [0, 0.1) is 5.92 Å². The second kappa shape index (κ2) is 8.48. The summed E-state index contributed by atoms with van der Waals surface area (Å²) >= 11 is 0. The van der Waals surface area contributed by atoms with E-state index in [4.69, 9.17) is 9.47 Å². The second-order valence-electron chi connectivity index (χ2n) is 5.59. The first-order valence-corrected chi connectivity index (χ1v) is 6.84. The van der Waals surface area contributed by atoms with Crippen molar-refractivity contribution in [2.24, 2.45) is 5.92 Å². The van der Waals surface area contributed by atoms with Crippen LogP contribution in [0.1, 0.15) is 48.0 Å². The summed E-state index contributed by atoms with van der Waals surface area (Å²) < 4.78 is 10.7. The molecule has 0 heterocycles. The van der Waals surface area contributed by atoms with E-state index in [1.807, 2.05) is 27.7 Å². The van der Waals surface area contributed by atoms with Gasteiger partial charge in [-0.25, -0.2) is 4.79 Å². The van der Waals surface area contributed by atoms with Gasteiger partial charge < -0.3 is 9.47 Å². The van der Waals surface area contributed by atoms with Gasteiger partial charge in [0.15, 0.2) is 0 Å². The molecule has 0 rings (SSSR count). The Morgan fingerprint density at radius 3 is 2.33 bits per heavy atom. The predicted molar refractivity (Wildman–Crippen MR) is 73.6 cm³/mol. The normalized spacial score (nSPS) is 14.9. The van der Waals surface area contributed by atoms with Gasteiger partial charge in [-0.15, -0.1) is 0 Å². The van der Waals surface area contributed by atoms with Crippen LogP contribution >= 0.6 is 0 Å². The average Bonchev–Trinajstić information content (AvgIpc) is 2.23. The fourth-order valence-corrected chi connectivity index (χ4v) is 1.68. The molecule has 108 valence electrons. The van der Waals surface area contributed by atoms with Crippen molar-refractivity contribution >= 4 is 5.97 Å². The first-order chi connectivity index (χ1) is 8.31. The van der Waals surface area contributed by atoms with Crippen LogP contribution < -0.4 is 5.32 Å². The van der Waals surface area contributed by atoms with E-state index >= 15 is 0 Å². The van der Waals surface area contributed by atoms with Gasteiger partial charge in [0.1, 0.15) is 5.54 Å². The SMILES string of the molecule is CCOC(=O)C(C)(COCCC(C)C)NC(C)C. The Hall–Kier alpha value is -0.610. The van der Waals surface area contributed by atoms with Crippen LogP contribution in [0.3, 0.4) is 0 Å². The standard InChI is InChI=1S/C14H29NO3/c1-7-18-13(16)14(6,15-12(4)5)10-17-9-8-11(2)3/h11-12,15H,7-10H2,1-6H3. The van der Waals surface area contributed by atoms with Gasteiger partial charge in [-0.05, 0) is 40.0 Å². The predicted octanol–water partition coefficient (Wildman–Crippen LogP) is 2.37. The first-order valence-electron chi connectivity index (χ1n) is 6.84. The number of carbonyl (C=O) groups excluding carboxylic acids is 1. The zero-order valence-corrected chi connectivity index (χ0v) is 12.7. The lowest BCUT2D eigenvalue weighted by Gasteiger charge is -2.30. The molecule has 0 aromatic carbocycles. The van der Waals surface area contributed by atoms with Crippen LogP contribution in [0.2, 0.25) is 0 Å². The van der Waals surface area contributed by atoms with Gasteiger partial charge in [0, 0.05) is 12.6 Å². The molecule has 0 aromatic heterocycles. The summed E-state index contributed by atoms with van der Waals surface area (Å²) in [6.07, 6.45) is 1.00. The van der Waals surface area contributed by atoms with Crippen LogP contribution in [0.15, 0.2) is 0 Å². The Bertz CT molecular complexity index is 241. The van der Waals surface area contributed by atoms with Gasteiger partial charge in [-0.1, -0.05) is 13.8 Å². The molecule has 18 heavy (non-hydrogen) atoms. The number of hydrogen-bond acceptors (Lipinski definition) is 4. The number of carbonyl (C=O) groups is 1. The van der Waals surface area contributed by atoms with Gasteiger partial charge >= 0.3 is 5.97 Å². The van der Waals surface area contributed by atoms with Gasteiger partial charge in [0.25, 0.3) is 0 Å². The van der Waals surface area contributed by atoms with Crippen molar-refractivity contribution in [3.63, 3.8) is 0 Å². The fraction of sp³-hybridized carbons (Fsp3) is 0.929. The van der Waals surface area contributed by atoms with Crippen LogP contribution in [0.25, 0.3) is 0 Å². The van der Waals surface area contributed by atoms with Gasteiger partial charge in [0.05, 0.1) is 13.2 Å². The summed E-state index contributed by atoms with van der Waals surface area (Å²) in [4.78, 5) is 12.0. The van der Waals surface area contributed by atoms with E-state index in [0.717, 1.165) is 6.42 Å². The third kappa shape index (κ3) is 6.97. The van der Waals surface area contributed by atoms with Crippen molar-refractivity contribution in [1.29, 1.82) is 0 Å². The number of esters is 1. The third-order valence-corrected chi connectivity index (χ3v) is 2.56. The molecule has 4 heteroatoms. The minimum absolute atomic E-state index is 0.202. The molecule has 1 unspecified atom stereocenters. The molecule has 0 amide bonds. The van der Waals surface area contributed by atoms with Crippen LogP contribution in [0.5, 0.6) is 0 Å². The Balaban J connectivity index is 4.33. The minimum Gasteiger partial charge on any atom is -0.465 e. The van der Waals surface area contributed by atoms with Crippen molar-refractivity contribution in [3.8, 4) is 0 Å².